The number of nitrogens with zero attached hydrogens (tertiary/aromatic N) is 3. The van der Waals surface area contributed by atoms with E-state index in [2.05, 4.69) is 4.74 Å². The minimum absolute atomic E-state index is 0.0606. The number of nitriles is 1. The fourth-order valence-electron chi connectivity index (χ4n) is 2.34. The SMILES string of the molecule is COC(=O)C1CCN(c2cc(C#N)ccc2[N+](=O)[O-])C1. The summed E-state index contributed by atoms with van der Waals surface area (Å²) in [5, 5.41) is 20.0. The summed E-state index contributed by atoms with van der Waals surface area (Å²) in [5.74, 6) is -0.600. The number of esters is 1. The van der Waals surface area contributed by atoms with E-state index < -0.39 is 4.92 Å². The Kier molecular flexibility index (Phi) is 3.84. The van der Waals surface area contributed by atoms with Crippen LogP contribution in [0, 0.1) is 27.4 Å². The summed E-state index contributed by atoms with van der Waals surface area (Å²) < 4.78 is 4.69. The number of benzene rings is 1. The molecule has 0 amide bonds. The molecule has 0 bridgehead atoms. The standard InChI is InChI=1S/C13H13N3O4/c1-20-13(17)10-4-5-15(8-10)12-6-9(7-14)2-3-11(12)16(18)19/h2-3,6,10H,4-5,8H2,1H3. The lowest BCUT2D eigenvalue weighted by Crippen LogP contribution is -2.24. The van der Waals surface area contributed by atoms with Gasteiger partial charge in [0.2, 0.25) is 0 Å². The van der Waals surface area contributed by atoms with Gasteiger partial charge in [-0.05, 0) is 18.6 Å². The summed E-state index contributed by atoms with van der Waals surface area (Å²) in [6.07, 6.45) is 0.584. The van der Waals surface area contributed by atoms with E-state index in [-0.39, 0.29) is 17.6 Å². The molecule has 1 aliphatic rings. The third kappa shape index (κ3) is 2.54. The molecule has 20 heavy (non-hydrogen) atoms. The average molecular weight is 275 g/mol. The second-order valence-corrected chi connectivity index (χ2v) is 4.53. The molecule has 0 spiro atoms. The van der Waals surface area contributed by atoms with Crippen LogP contribution >= 0.6 is 0 Å². The average Bonchev–Trinajstić information content (AvgIpc) is 2.95. The van der Waals surface area contributed by atoms with Gasteiger partial charge in [0.1, 0.15) is 5.69 Å². The van der Waals surface area contributed by atoms with Crippen molar-refractivity contribution in [1.29, 1.82) is 5.26 Å². The fraction of sp³-hybridized carbons (Fsp3) is 0.385. The first kappa shape index (κ1) is 13.8. The highest BCUT2D eigenvalue weighted by Gasteiger charge is 2.32. The predicted molar refractivity (Wildman–Crippen MR) is 70.1 cm³/mol. The van der Waals surface area contributed by atoms with Gasteiger partial charge in [-0.1, -0.05) is 0 Å². The van der Waals surface area contributed by atoms with Gasteiger partial charge < -0.3 is 9.64 Å². The smallest absolute Gasteiger partial charge is 0.310 e. The minimum atomic E-state index is -0.484. The number of carbonyl (C=O) groups excluding carboxylic acids is 1. The molecule has 0 aliphatic carbocycles. The number of anilines is 1. The molecule has 1 heterocycles. The van der Waals surface area contributed by atoms with Gasteiger partial charge in [-0.2, -0.15) is 5.26 Å². The van der Waals surface area contributed by atoms with Crippen LogP contribution < -0.4 is 4.90 Å². The molecule has 1 fully saturated rings. The van der Waals surface area contributed by atoms with Crippen LogP contribution in [0.2, 0.25) is 0 Å². The van der Waals surface area contributed by atoms with Gasteiger partial charge >= 0.3 is 5.97 Å². The summed E-state index contributed by atoms with van der Waals surface area (Å²) in [6, 6.07) is 6.18. The largest absolute Gasteiger partial charge is 0.469 e. The highest BCUT2D eigenvalue weighted by atomic mass is 16.6. The number of ether oxygens (including phenoxy) is 1. The Bertz CT molecular complexity index is 594. The van der Waals surface area contributed by atoms with E-state index in [1.54, 1.807) is 4.90 Å². The molecule has 1 aromatic rings. The van der Waals surface area contributed by atoms with Crippen LogP contribution in [0.5, 0.6) is 0 Å². The molecule has 1 unspecified atom stereocenters. The van der Waals surface area contributed by atoms with E-state index in [0.717, 1.165) is 0 Å². The molecular formula is C13H13N3O4. The second kappa shape index (κ2) is 5.57. The number of nitro groups is 1. The van der Waals surface area contributed by atoms with Gasteiger partial charge in [0.05, 0.1) is 29.6 Å². The molecular weight excluding hydrogens is 262 g/mol. The molecule has 0 aromatic heterocycles. The zero-order valence-corrected chi connectivity index (χ0v) is 10.9. The van der Waals surface area contributed by atoms with Crippen molar-refractivity contribution < 1.29 is 14.5 Å². The normalized spacial score (nSPS) is 17.6. The fourth-order valence-corrected chi connectivity index (χ4v) is 2.34. The first-order chi connectivity index (χ1) is 9.56. The van der Waals surface area contributed by atoms with Crippen LogP contribution in [0.3, 0.4) is 0 Å². The molecule has 104 valence electrons. The number of carbonyl (C=O) groups is 1. The molecule has 0 saturated carbocycles. The Labute approximate surface area is 115 Å². The zero-order valence-electron chi connectivity index (χ0n) is 10.9. The topological polar surface area (TPSA) is 96.5 Å². The molecule has 0 N–H and O–H groups in total. The van der Waals surface area contributed by atoms with Crippen molar-refractivity contribution in [2.75, 3.05) is 25.1 Å². The second-order valence-electron chi connectivity index (χ2n) is 4.53. The van der Waals surface area contributed by atoms with Crippen LogP contribution in [0.4, 0.5) is 11.4 Å². The van der Waals surface area contributed by atoms with Crippen LogP contribution in [0.15, 0.2) is 18.2 Å². The molecule has 7 nitrogen and oxygen atoms in total. The lowest BCUT2D eigenvalue weighted by Gasteiger charge is -2.18. The number of hydrogen-bond donors (Lipinski definition) is 0. The maximum atomic E-state index is 11.5. The summed E-state index contributed by atoms with van der Waals surface area (Å²) >= 11 is 0. The monoisotopic (exact) mass is 275 g/mol. The first-order valence-electron chi connectivity index (χ1n) is 6.08. The summed E-state index contributed by atoms with van der Waals surface area (Å²) in [7, 11) is 1.32. The number of rotatable bonds is 3. The zero-order chi connectivity index (χ0) is 14.7. The number of methoxy groups -OCH3 is 1. The van der Waals surface area contributed by atoms with Crippen molar-refractivity contribution in [2.45, 2.75) is 6.42 Å². The van der Waals surface area contributed by atoms with Gasteiger partial charge in [0, 0.05) is 19.2 Å². The van der Waals surface area contributed by atoms with E-state index in [0.29, 0.717) is 30.8 Å². The first-order valence-corrected chi connectivity index (χ1v) is 6.08. The van der Waals surface area contributed by atoms with Crippen molar-refractivity contribution in [3.63, 3.8) is 0 Å². The molecule has 1 saturated heterocycles. The van der Waals surface area contributed by atoms with Gasteiger partial charge in [-0.15, -0.1) is 0 Å². The van der Waals surface area contributed by atoms with Gasteiger partial charge in [0.15, 0.2) is 0 Å². The van der Waals surface area contributed by atoms with Crippen molar-refractivity contribution in [2.24, 2.45) is 5.92 Å². The lowest BCUT2D eigenvalue weighted by molar-refractivity contribution is -0.384. The summed E-state index contributed by atoms with van der Waals surface area (Å²) in [5.41, 5.74) is 0.669. The quantitative estimate of drug-likeness (QED) is 0.470. The Morgan fingerprint density at radius 3 is 2.95 bits per heavy atom. The molecule has 1 atom stereocenters. The third-order valence-corrected chi connectivity index (χ3v) is 3.36. The highest BCUT2D eigenvalue weighted by Crippen LogP contribution is 2.33. The van der Waals surface area contributed by atoms with Crippen LogP contribution in [0.1, 0.15) is 12.0 Å². The van der Waals surface area contributed by atoms with Crippen LogP contribution in [-0.2, 0) is 9.53 Å². The maximum absolute atomic E-state index is 11.5. The third-order valence-electron chi connectivity index (χ3n) is 3.36. The summed E-state index contributed by atoms with van der Waals surface area (Å²) in [6.45, 7) is 0.887. The number of nitro benzene ring substituents is 1. The van der Waals surface area contributed by atoms with E-state index in [4.69, 9.17) is 5.26 Å². The molecule has 2 rings (SSSR count). The molecule has 7 heteroatoms. The summed E-state index contributed by atoms with van der Waals surface area (Å²) in [4.78, 5) is 23.8. The van der Waals surface area contributed by atoms with Crippen LogP contribution in [-0.4, -0.2) is 31.1 Å². The van der Waals surface area contributed by atoms with Crippen molar-refractivity contribution in [1.82, 2.24) is 0 Å². The Balaban J connectivity index is 2.31. The van der Waals surface area contributed by atoms with Gasteiger partial charge in [-0.3, -0.25) is 14.9 Å². The molecule has 1 aliphatic heterocycles. The van der Waals surface area contributed by atoms with Gasteiger partial charge in [-0.25, -0.2) is 0 Å². The highest BCUT2D eigenvalue weighted by molar-refractivity contribution is 5.75. The Morgan fingerprint density at radius 2 is 2.35 bits per heavy atom. The number of hydrogen-bond acceptors (Lipinski definition) is 6. The predicted octanol–water partition coefficient (Wildman–Crippen LogP) is 1.47. The van der Waals surface area contributed by atoms with E-state index in [9.17, 15) is 14.9 Å². The Morgan fingerprint density at radius 1 is 1.60 bits per heavy atom. The van der Waals surface area contributed by atoms with E-state index in [1.807, 2.05) is 6.07 Å². The van der Waals surface area contributed by atoms with E-state index >= 15 is 0 Å². The lowest BCUT2D eigenvalue weighted by atomic mass is 10.1. The van der Waals surface area contributed by atoms with Crippen LogP contribution in [0.25, 0.3) is 0 Å². The van der Waals surface area contributed by atoms with Crippen molar-refractivity contribution in [3.8, 4) is 6.07 Å². The van der Waals surface area contributed by atoms with Gasteiger partial charge in [0.25, 0.3) is 5.69 Å². The Hall–Kier alpha value is -2.62. The molecule has 0 radical (unpaired) electrons. The van der Waals surface area contributed by atoms with Crippen molar-refractivity contribution >= 4 is 17.3 Å². The minimum Gasteiger partial charge on any atom is -0.469 e. The maximum Gasteiger partial charge on any atom is 0.310 e. The molecule has 1 aromatic carbocycles. The van der Waals surface area contributed by atoms with E-state index in [1.165, 1.54) is 25.3 Å². The van der Waals surface area contributed by atoms with Crippen molar-refractivity contribution in [3.05, 3.63) is 33.9 Å².